The zero-order chi connectivity index (χ0) is 25.3. The number of rotatable bonds is 5. The summed E-state index contributed by atoms with van der Waals surface area (Å²) in [5.74, 6) is 1.00. The lowest BCUT2D eigenvalue weighted by Gasteiger charge is -2.27. The van der Waals surface area contributed by atoms with Crippen LogP contribution in [0.15, 0.2) is 65.5 Å². The lowest BCUT2D eigenvalue weighted by Crippen LogP contribution is -2.37. The van der Waals surface area contributed by atoms with Crippen LogP contribution in [-0.2, 0) is 0 Å². The third-order valence-electron chi connectivity index (χ3n) is 5.64. The Morgan fingerprint density at radius 2 is 1.69 bits per heavy atom. The van der Waals surface area contributed by atoms with Crippen molar-refractivity contribution in [3.63, 3.8) is 0 Å². The highest BCUT2D eigenvalue weighted by atomic mass is 35.5. The topological polar surface area (TPSA) is 76.5 Å². The number of amides is 2. The maximum Gasteiger partial charge on any atom is 0.322 e. The Labute approximate surface area is 216 Å². The van der Waals surface area contributed by atoms with Crippen molar-refractivity contribution in [2.75, 3.05) is 19.5 Å². The maximum absolute atomic E-state index is 13.6. The fourth-order valence-corrected chi connectivity index (χ4v) is 4.20. The molecule has 0 saturated carbocycles. The van der Waals surface area contributed by atoms with Gasteiger partial charge in [0.15, 0.2) is 0 Å². The summed E-state index contributed by atoms with van der Waals surface area (Å²) in [6, 6.07) is 15.7. The average Bonchev–Trinajstić information content (AvgIpc) is 2.84. The number of hydrogen-bond acceptors (Lipinski definition) is 4. The summed E-state index contributed by atoms with van der Waals surface area (Å²) >= 11 is 18.3. The van der Waals surface area contributed by atoms with Crippen molar-refractivity contribution in [2.24, 2.45) is 0 Å². The molecule has 180 valence electrons. The van der Waals surface area contributed by atoms with Gasteiger partial charge in [-0.15, -0.1) is 0 Å². The van der Waals surface area contributed by atoms with Crippen LogP contribution in [0, 0.1) is 0 Å². The average molecular weight is 532 g/mol. The summed E-state index contributed by atoms with van der Waals surface area (Å²) in [6.07, 6.45) is 0. The molecule has 2 amide bonds. The molecule has 35 heavy (non-hydrogen) atoms. The van der Waals surface area contributed by atoms with E-state index in [4.69, 9.17) is 44.5 Å². The molecule has 7 nitrogen and oxygen atoms in total. The van der Waals surface area contributed by atoms with Gasteiger partial charge in [0, 0.05) is 17.1 Å². The van der Waals surface area contributed by atoms with Gasteiger partial charge in [-0.3, -0.25) is 9.36 Å². The number of urea groups is 1. The summed E-state index contributed by atoms with van der Waals surface area (Å²) in [6.45, 7) is 1.78. The summed E-state index contributed by atoms with van der Waals surface area (Å²) in [5, 5.41) is 4.38. The van der Waals surface area contributed by atoms with Crippen molar-refractivity contribution in [1.82, 2.24) is 14.5 Å². The van der Waals surface area contributed by atoms with E-state index >= 15 is 0 Å². The van der Waals surface area contributed by atoms with Crippen LogP contribution in [0.5, 0.6) is 5.75 Å². The Morgan fingerprint density at radius 1 is 1.03 bits per heavy atom. The molecule has 3 aromatic carbocycles. The van der Waals surface area contributed by atoms with Gasteiger partial charge < -0.3 is 15.0 Å². The van der Waals surface area contributed by atoms with Gasteiger partial charge >= 0.3 is 6.03 Å². The van der Waals surface area contributed by atoms with E-state index in [1.54, 1.807) is 75.7 Å². The molecule has 0 aliphatic heterocycles. The molecule has 1 N–H and O–H groups in total. The number of fused-ring (bicyclic) bond motifs is 1. The van der Waals surface area contributed by atoms with Gasteiger partial charge in [-0.05, 0) is 67.6 Å². The molecule has 1 atom stereocenters. The van der Waals surface area contributed by atoms with Crippen LogP contribution in [-0.4, -0.2) is 34.6 Å². The standard InChI is InChI=1S/C25H21Cl3N4O3/c1-14(31(2)25(34)30-21-11-5-15(26)12-20(21)28)23-29-22-13-16(27)4-10-19(22)24(33)32(23)17-6-8-18(35-3)9-7-17/h4-14H,1-3H3,(H,30,34). The number of benzene rings is 3. The van der Waals surface area contributed by atoms with Crippen LogP contribution >= 0.6 is 34.8 Å². The Hall–Kier alpha value is -3.26. The fourth-order valence-electron chi connectivity index (χ4n) is 3.58. The second-order valence-corrected chi connectivity index (χ2v) is 9.09. The molecule has 4 rings (SSSR count). The first-order chi connectivity index (χ1) is 16.7. The van der Waals surface area contributed by atoms with Gasteiger partial charge in [-0.1, -0.05) is 34.8 Å². The molecule has 10 heteroatoms. The molecule has 0 fully saturated rings. The smallest absolute Gasteiger partial charge is 0.322 e. The highest BCUT2D eigenvalue weighted by Gasteiger charge is 2.25. The first-order valence-corrected chi connectivity index (χ1v) is 11.7. The second-order valence-electron chi connectivity index (χ2n) is 7.81. The molecule has 0 aliphatic carbocycles. The van der Waals surface area contributed by atoms with Crippen molar-refractivity contribution in [1.29, 1.82) is 0 Å². The van der Waals surface area contributed by atoms with Crippen LogP contribution in [0.1, 0.15) is 18.8 Å². The van der Waals surface area contributed by atoms with Crippen LogP contribution in [0.2, 0.25) is 15.1 Å². The Morgan fingerprint density at radius 3 is 2.34 bits per heavy atom. The third kappa shape index (κ3) is 5.07. The molecule has 1 aromatic heterocycles. The van der Waals surface area contributed by atoms with E-state index in [2.05, 4.69) is 5.32 Å². The number of methoxy groups -OCH3 is 1. The van der Waals surface area contributed by atoms with Crippen LogP contribution < -0.4 is 15.6 Å². The number of nitrogens with zero attached hydrogens (tertiary/aromatic N) is 3. The maximum atomic E-state index is 13.6. The SMILES string of the molecule is COc1ccc(-n2c(C(C)N(C)C(=O)Nc3ccc(Cl)cc3Cl)nc3cc(Cl)ccc3c2=O)cc1. The number of anilines is 1. The van der Waals surface area contributed by atoms with E-state index in [0.29, 0.717) is 48.9 Å². The molecule has 0 spiro atoms. The van der Waals surface area contributed by atoms with Crippen molar-refractivity contribution in [3.8, 4) is 11.4 Å². The number of carbonyl (C=O) groups is 1. The normalized spacial score (nSPS) is 11.8. The van der Waals surface area contributed by atoms with Gasteiger partial charge in [0.1, 0.15) is 11.6 Å². The molecule has 4 aromatic rings. The predicted octanol–water partition coefficient (Wildman–Crippen LogP) is 6.58. The molecular weight excluding hydrogens is 511 g/mol. The monoisotopic (exact) mass is 530 g/mol. The van der Waals surface area contributed by atoms with E-state index in [1.807, 2.05) is 0 Å². The van der Waals surface area contributed by atoms with Crippen molar-refractivity contribution >= 4 is 57.4 Å². The molecule has 0 radical (unpaired) electrons. The summed E-state index contributed by atoms with van der Waals surface area (Å²) in [7, 11) is 3.17. The number of hydrogen-bond donors (Lipinski definition) is 1. The quantitative estimate of drug-likeness (QED) is 0.316. The zero-order valence-corrected chi connectivity index (χ0v) is 21.3. The van der Waals surface area contributed by atoms with Crippen molar-refractivity contribution in [2.45, 2.75) is 13.0 Å². The van der Waals surface area contributed by atoms with Gasteiger partial charge in [0.05, 0.1) is 40.5 Å². The first kappa shape index (κ1) is 24.9. The second kappa shape index (κ2) is 10.2. The lowest BCUT2D eigenvalue weighted by atomic mass is 10.2. The Balaban J connectivity index is 1.79. The number of aromatic nitrogens is 2. The third-order valence-corrected chi connectivity index (χ3v) is 6.42. The summed E-state index contributed by atoms with van der Waals surface area (Å²) < 4.78 is 6.73. The Bertz CT molecular complexity index is 1470. The lowest BCUT2D eigenvalue weighted by molar-refractivity contribution is 0.205. The number of nitrogens with one attached hydrogen (secondary N) is 1. The van der Waals surface area contributed by atoms with Crippen LogP contribution in [0.4, 0.5) is 10.5 Å². The highest BCUT2D eigenvalue weighted by molar-refractivity contribution is 6.36. The van der Waals surface area contributed by atoms with E-state index in [-0.39, 0.29) is 5.56 Å². The molecule has 1 unspecified atom stereocenters. The van der Waals surface area contributed by atoms with Gasteiger partial charge in [-0.25, -0.2) is 9.78 Å². The number of ether oxygens (including phenoxy) is 1. The minimum atomic E-state index is -0.612. The minimum Gasteiger partial charge on any atom is -0.497 e. The van der Waals surface area contributed by atoms with E-state index < -0.39 is 12.1 Å². The molecular formula is C25H21Cl3N4O3. The van der Waals surface area contributed by atoms with Crippen LogP contribution in [0.3, 0.4) is 0 Å². The molecule has 1 heterocycles. The van der Waals surface area contributed by atoms with Crippen molar-refractivity contribution < 1.29 is 9.53 Å². The van der Waals surface area contributed by atoms with Crippen LogP contribution in [0.25, 0.3) is 16.6 Å². The van der Waals surface area contributed by atoms with Crippen molar-refractivity contribution in [3.05, 3.63) is 91.9 Å². The first-order valence-electron chi connectivity index (χ1n) is 10.5. The van der Waals surface area contributed by atoms with Gasteiger partial charge in [0.25, 0.3) is 5.56 Å². The molecule has 0 saturated heterocycles. The number of carbonyl (C=O) groups excluding carboxylic acids is 1. The number of halogens is 3. The summed E-state index contributed by atoms with van der Waals surface area (Å²) in [5.41, 5.74) is 1.14. The minimum absolute atomic E-state index is 0.284. The largest absolute Gasteiger partial charge is 0.497 e. The van der Waals surface area contributed by atoms with Gasteiger partial charge in [0.2, 0.25) is 0 Å². The Kier molecular flexibility index (Phi) is 7.21. The predicted molar refractivity (Wildman–Crippen MR) is 141 cm³/mol. The zero-order valence-electron chi connectivity index (χ0n) is 19.1. The molecule has 0 aliphatic rings. The summed E-state index contributed by atoms with van der Waals surface area (Å²) in [4.78, 5) is 32.8. The van der Waals surface area contributed by atoms with E-state index in [0.717, 1.165) is 0 Å². The van der Waals surface area contributed by atoms with Gasteiger partial charge in [-0.2, -0.15) is 0 Å². The van der Waals surface area contributed by atoms with E-state index in [9.17, 15) is 9.59 Å². The highest BCUT2D eigenvalue weighted by Crippen LogP contribution is 2.28. The molecule has 0 bridgehead atoms. The van der Waals surface area contributed by atoms with E-state index in [1.165, 1.54) is 15.5 Å². The fraction of sp³-hybridized carbons (Fsp3) is 0.160.